The molecule has 0 saturated carbocycles. The summed E-state index contributed by atoms with van der Waals surface area (Å²) in [4.78, 5) is 4.20. The van der Waals surface area contributed by atoms with Gasteiger partial charge in [0.2, 0.25) is 5.82 Å². The minimum absolute atomic E-state index is 0.108. The van der Waals surface area contributed by atoms with Gasteiger partial charge in [-0.25, -0.2) is 5.90 Å². The third-order valence-electron chi connectivity index (χ3n) is 1.42. The number of nitrogens with two attached hydrogens (primary N) is 1. The fraction of sp³-hybridized carbons (Fsp3) is 0.143. The van der Waals surface area contributed by atoms with E-state index in [1.165, 1.54) is 6.07 Å². The van der Waals surface area contributed by atoms with E-state index in [-0.39, 0.29) is 12.2 Å². The molecule has 0 bridgehead atoms. The molecule has 0 aromatic heterocycles. The first-order chi connectivity index (χ1) is 5.66. The van der Waals surface area contributed by atoms with Crippen molar-refractivity contribution in [3.63, 3.8) is 0 Å². The van der Waals surface area contributed by atoms with Crippen LogP contribution in [-0.4, -0.2) is 10.2 Å². The van der Waals surface area contributed by atoms with Crippen molar-refractivity contribution in [1.29, 1.82) is 0 Å². The molecule has 1 aromatic carbocycles. The summed E-state index contributed by atoms with van der Waals surface area (Å²) < 4.78 is 12.7. The highest BCUT2D eigenvalue weighted by atomic mass is 19.1. The highest BCUT2D eigenvalue weighted by molar-refractivity contribution is 5.40. The molecule has 1 rings (SSSR count). The molecule has 66 valence electrons. The molecule has 0 heterocycles. The van der Waals surface area contributed by atoms with Crippen LogP contribution in [0.3, 0.4) is 0 Å². The van der Waals surface area contributed by atoms with Crippen LogP contribution in [0.2, 0.25) is 0 Å². The lowest BCUT2D eigenvalue weighted by Crippen LogP contribution is -1.99. The molecule has 0 aliphatic carbocycles. The van der Waals surface area contributed by atoms with Crippen molar-refractivity contribution in [1.82, 2.24) is 0 Å². The van der Waals surface area contributed by atoms with Gasteiger partial charge in [-0.3, -0.25) is 4.84 Å². The van der Waals surface area contributed by atoms with Gasteiger partial charge in [-0.1, -0.05) is 0 Å². The third kappa shape index (κ3) is 1.46. The molecule has 0 aliphatic rings. The molecule has 4 nitrogen and oxygen atoms in total. The summed E-state index contributed by atoms with van der Waals surface area (Å²) in [6, 6.07) is 2.43. The number of aromatic hydroxyl groups is 2. The molecule has 0 saturated heterocycles. The zero-order chi connectivity index (χ0) is 9.14. The molecule has 5 heteroatoms. The van der Waals surface area contributed by atoms with E-state index in [1.807, 2.05) is 0 Å². The van der Waals surface area contributed by atoms with Gasteiger partial charge >= 0.3 is 0 Å². The molecule has 4 N–H and O–H groups in total. The Balaban J connectivity index is 3.08. The predicted molar refractivity (Wildman–Crippen MR) is 38.7 cm³/mol. The average Bonchev–Trinajstić information content (AvgIpc) is 2.07. The first-order valence-electron chi connectivity index (χ1n) is 3.17. The average molecular weight is 173 g/mol. The van der Waals surface area contributed by atoms with Gasteiger partial charge in [0.05, 0.1) is 6.61 Å². The second-order valence-electron chi connectivity index (χ2n) is 2.22. The Morgan fingerprint density at radius 2 is 2.08 bits per heavy atom. The van der Waals surface area contributed by atoms with Crippen molar-refractivity contribution >= 4 is 0 Å². The van der Waals surface area contributed by atoms with Crippen LogP contribution in [0.1, 0.15) is 5.56 Å². The monoisotopic (exact) mass is 173 g/mol. The van der Waals surface area contributed by atoms with E-state index in [2.05, 4.69) is 4.84 Å². The topological polar surface area (TPSA) is 75.7 Å². The molecule has 0 amide bonds. The zero-order valence-electron chi connectivity index (χ0n) is 6.12. The lowest BCUT2D eigenvalue weighted by Gasteiger charge is -2.04. The molecule has 0 unspecified atom stereocenters. The molecule has 0 radical (unpaired) electrons. The maximum absolute atomic E-state index is 12.7. The van der Waals surface area contributed by atoms with Gasteiger partial charge in [0.1, 0.15) is 0 Å². The van der Waals surface area contributed by atoms with Gasteiger partial charge in [0.15, 0.2) is 11.5 Å². The molecule has 0 fully saturated rings. The molecular weight excluding hydrogens is 165 g/mol. The Labute approximate surface area is 68.0 Å². The Bertz CT molecular complexity index is 290. The van der Waals surface area contributed by atoms with Crippen LogP contribution in [0, 0.1) is 5.82 Å². The van der Waals surface area contributed by atoms with E-state index in [0.29, 0.717) is 0 Å². The summed E-state index contributed by atoms with van der Waals surface area (Å²) >= 11 is 0. The highest BCUT2D eigenvalue weighted by Gasteiger charge is 2.10. The Hall–Kier alpha value is -1.33. The van der Waals surface area contributed by atoms with Crippen molar-refractivity contribution in [2.24, 2.45) is 5.90 Å². The fourth-order valence-corrected chi connectivity index (χ4v) is 0.800. The minimum Gasteiger partial charge on any atom is -0.505 e. The number of halogens is 1. The molecular formula is C7H8FNO3. The summed E-state index contributed by atoms with van der Waals surface area (Å²) in [5, 5.41) is 17.8. The smallest absolute Gasteiger partial charge is 0.206 e. The second kappa shape index (κ2) is 3.38. The largest absolute Gasteiger partial charge is 0.505 e. The van der Waals surface area contributed by atoms with E-state index in [0.717, 1.165) is 6.07 Å². The van der Waals surface area contributed by atoms with Crippen molar-refractivity contribution in [3.8, 4) is 11.5 Å². The molecule has 0 atom stereocenters. The Morgan fingerprint density at radius 3 is 2.67 bits per heavy atom. The van der Waals surface area contributed by atoms with Gasteiger partial charge in [0, 0.05) is 5.56 Å². The van der Waals surface area contributed by atoms with Crippen LogP contribution in [0.25, 0.3) is 0 Å². The summed E-state index contributed by atoms with van der Waals surface area (Å²) in [6.07, 6.45) is 0. The van der Waals surface area contributed by atoms with Crippen LogP contribution in [0.5, 0.6) is 11.5 Å². The number of hydrogen-bond acceptors (Lipinski definition) is 4. The quantitative estimate of drug-likeness (QED) is 0.573. The van der Waals surface area contributed by atoms with Crippen LogP contribution < -0.4 is 5.90 Å². The number of phenolic OH excluding ortho intramolecular Hbond substituents is 2. The van der Waals surface area contributed by atoms with E-state index in [4.69, 9.17) is 16.1 Å². The Kier molecular flexibility index (Phi) is 2.47. The number of hydrogen-bond donors (Lipinski definition) is 3. The SMILES string of the molecule is NOCc1ccc(O)c(F)c1O. The van der Waals surface area contributed by atoms with Crippen LogP contribution in [0.4, 0.5) is 4.39 Å². The van der Waals surface area contributed by atoms with Crippen molar-refractivity contribution in [3.05, 3.63) is 23.5 Å². The molecule has 0 aliphatic heterocycles. The van der Waals surface area contributed by atoms with E-state index < -0.39 is 17.3 Å². The standard InChI is InChI=1S/C7H8FNO3/c8-6-5(10)2-1-4(3-12-9)7(6)11/h1-2,10-11H,3,9H2. The minimum atomic E-state index is -1.07. The summed E-state index contributed by atoms with van der Waals surface area (Å²) in [5.74, 6) is 2.41. The number of phenols is 2. The first kappa shape index (κ1) is 8.76. The van der Waals surface area contributed by atoms with Gasteiger partial charge in [-0.2, -0.15) is 4.39 Å². The van der Waals surface area contributed by atoms with Crippen molar-refractivity contribution in [2.45, 2.75) is 6.61 Å². The summed E-state index contributed by atoms with van der Waals surface area (Å²) in [7, 11) is 0. The van der Waals surface area contributed by atoms with Crippen molar-refractivity contribution in [2.75, 3.05) is 0 Å². The van der Waals surface area contributed by atoms with Crippen LogP contribution >= 0.6 is 0 Å². The third-order valence-corrected chi connectivity index (χ3v) is 1.42. The van der Waals surface area contributed by atoms with Gasteiger partial charge in [-0.05, 0) is 12.1 Å². The predicted octanol–water partition coefficient (Wildman–Crippen LogP) is 0.627. The maximum Gasteiger partial charge on any atom is 0.206 e. The van der Waals surface area contributed by atoms with E-state index in [9.17, 15) is 4.39 Å². The molecule has 0 spiro atoms. The lowest BCUT2D eigenvalue weighted by molar-refractivity contribution is 0.121. The summed E-state index contributed by atoms with van der Waals surface area (Å²) in [5.41, 5.74) is 0.188. The Morgan fingerprint density at radius 1 is 1.42 bits per heavy atom. The summed E-state index contributed by atoms with van der Waals surface area (Å²) in [6.45, 7) is -0.108. The van der Waals surface area contributed by atoms with Crippen LogP contribution in [0.15, 0.2) is 12.1 Å². The van der Waals surface area contributed by atoms with Gasteiger partial charge in [0.25, 0.3) is 0 Å². The fourth-order valence-electron chi connectivity index (χ4n) is 0.800. The van der Waals surface area contributed by atoms with Gasteiger partial charge < -0.3 is 10.2 Å². The second-order valence-corrected chi connectivity index (χ2v) is 2.22. The van der Waals surface area contributed by atoms with E-state index in [1.54, 1.807) is 0 Å². The zero-order valence-corrected chi connectivity index (χ0v) is 6.12. The molecule has 12 heavy (non-hydrogen) atoms. The van der Waals surface area contributed by atoms with Crippen molar-refractivity contribution < 1.29 is 19.4 Å². The lowest BCUT2D eigenvalue weighted by atomic mass is 10.2. The maximum atomic E-state index is 12.7. The van der Waals surface area contributed by atoms with E-state index >= 15 is 0 Å². The first-order valence-corrected chi connectivity index (χ1v) is 3.17. The van der Waals surface area contributed by atoms with Gasteiger partial charge in [-0.15, -0.1) is 0 Å². The number of benzene rings is 1. The highest BCUT2D eigenvalue weighted by Crippen LogP contribution is 2.28. The normalized spacial score (nSPS) is 10.2. The molecule has 1 aromatic rings. The number of rotatable bonds is 2. The van der Waals surface area contributed by atoms with Crippen LogP contribution in [-0.2, 0) is 11.4 Å².